The van der Waals surface area contributed by atoms with E-state index in [1.54, 1.807) is 0 Å². The Bertz CT molecular complexity index is 479. The van der Waals surface area contributed by atoms with Crippen LogP contribution in [-0.2, 0) is 20.7 Å². The van der Waals surface area contributed by atoms with Gasteiger partial charge < -0.3 is 14.0 Å². The monoisotopic (exact) mass is 304 g/mol. The van der Waals surface area contributed by atoms with Crippen LogP contribution in [0.4, 0.5) is 0 Å². The van der Waals surface area contributed by atoms with Gasteiger partial charge in [-0.05, 0) is 51.6 Å². The van der Waals surface area contributed by atoms with E-state index < -0.39 is 0 Å². The summed E-state index contributed by atoms with van der Waals surface area (Å²) in [6.45, 7) is 13.3. The maximum Gasteiger partial charge on any atom is 0.494 e. The van der Waals surface area contributed by atoms with Crippen LogP contribution in [0.1, 0.15) is 59.9 Å². The molecule has 1 aliphatic rings. The van der Waals surface area contributed by atoms with Crippen LogP contribution in [0, 0.1) is 0 Å². The van der Waals surface area contributed by atoms with Crippen LogP contribution in [0.5, 0.6) is 0 Å². The van der Waals surface area contributed by atoms with Crippen LogP contribution in [0.25, 0.3) is 0 Å². The molecular weight excluding hydrogens is 275 g/mol. The van der Waals surface area contributed by atoms with Crippen LogP contribution in [0.2, 0.25) is 0 Å². The molecule has 1 aromatic rings. The average molecular weight is 304 g/mol. The van der Waals surface area contributed by atoms with Crippen molar-refractivity contribution in [2.24, 2.45) is 0 Å². The van der Waals surface area contributed by atoms with E-state index in [2.05, 4.69) is 59.7 Å². The van der Waals surface area contributed by atoms with E-state index in [1.807, 2.05) is 6.07 Å². The van der Waals surface area contributed by atoms with Crippen molar-refractivity contribution in [3.05, 3.63) is 29.8 Å². The third-order valence-electron chi connectivity index (χ3n) is 4.87. The highest BCUT2D eigenvalue weighted by atomic mass is 16.7. The minimum atomic E-state index is -0.307. The van der Waals surface area contributed by atoms with E-state index in [1.165, 1.54) is 5.56 Å². The Morgan fingerprint density at radius 2 is 1.64 bits per heavy atom. The maximum atomic E-state index is 6.11. The van der Waals surface area contributed by atoms with Crippen molar-refractivity contribution in [3.63, 3.8) is 0 Å². The fourth-order valence-corrected chi connectivity index (χ4v) is 2.55. The fourth-order valence-electron chi connectivity index (χ4n) is 2.55. The number of hydrogen-bond donors (Lipinski definition) is 0. The third kappa shape index (κ3) is 3.73. The molecule has 1 fully saturated rings. The highest BCUT2D eigenvalue weighted by Gasteiger charge is 2.51. The minimum Gasteiger partial charge on any atom is -0.399 e. The van der Waals surface area contributed by atoms with Gasteiger partial charge in [0.2, 0.25) is 0 Å². The van der Waals surface area contributed by atoms with Gasteiger partial charge >= 0.3 is 7.12 Å². The Hall–Kier alpha value is -0.835. The number of rotatable bonds is 6. The summed E-state index contributed by atoms with van der Waals surface area (Å²) >= 11 is 0. The van der Waals surface area contributed by atoms with Gasteiger partial charge in [0, 0.05) is 0 Å². The lowest BCUT2D eigenvalue weighted by atomic mass is 9.78. The van der Waals surface area contributed by atoms with Crippen LogP contribution in [0.3, 0.4) is 0 Å². The highest BCUT2D eigenvalue weighted by Crippen LogP contribution is 2.36. The molecule has 122 valence electrons. The summed E-state index contributed by atoms with van der Waals surface area (Å²) < 4.78 is 18.2. The first-order chi connectivity index (χ1) is 10.3. The quantitative estimate of drug-likeness (QED) is 0.750. The number of ether oxygens (including phenoxy) is 1. The molecule has 0 aromatic heterocycles. The normalized spacial score (nSPS) is 19.9. The van der Waals surface area contributed by atoms with E-state index in [9.17, 15) is 0 Å². The van der Waals surface area contributed by atoms with Gasteiger partial charge in [0.1, 0.15) is 0 Å². The number of hydrogen-bond acceptors (Lipinski definition) is 3. The first kappa shape index (κ1) is 17.5. The van der Waals surface area contributed by atoms with Gasteiger partial charge in [-0.1, -0.05) is 38.1 Å². The van der Waals surface area contributed by atoms with Gasteiger partial charge in [-0.2, -0.15) is 0 Å². The molecule has 22 heavy (non-hydrogen) atoms. The van der Waals surface area contributed by atoms with Crippen molar-refractivity contribution in [2.75, 3.05) is 0 Å². The van der Waals surface area contributed by atoms with Crippen molar-refractivity contribution in [3.8, 4) is 0 Å². The van der Waals surface area contributed by atoms with Crippen LogP contribution in [-0.4, -0.2) is 24.4 Å². The Morgan fingerprint density at radius 3 is 2.18 bits per heavy atom. The van der Waals surface area contributed by atoms with Gasteiger partial charge in [0.05, 0.1) is 23.9 Å². The van der Waals surface area contributed by atoms with Crippen LogP contribution in [0.15, 0.2) is 24.3 Å². The molecule has 1 heterocycles. The lowest BCUT2D eigenvalue weighted by Gasteiger charge is -2.32. The van der Waals surface area contributed by atoms with Gasteiger partial charge in [-0.25, -0.2) is 0 Å². The molecule has 0 atom stereocenters. The molecule has 0 saturated carbocycles. The topological polar surface area (TPSA) is 27.7 Å². The maximum absolute atomic E-state index is 6.11. The Balaban J connectivity index is 2.06. The van der Waals surface area contributed by atoms with Crippen LogP contribution < -0.4 is 5.46 Å². The molecule has 4 heteroatoms. The smallest absolute Gasteiger partial charge is 0.399 e. The molecule has 0 unspecified atom stereocenters. The molecule has 0 amide bonds. The average Bonchev–Trinajstić information content (AvgIpc) is 2.69. The summed E-state index contributed by atoms with van der Waals surface area (Å²) in [7, 11) is -0.307. The lowest BCUT2D eigenvalue weighted by molar-refractivity contribution is 0.00578. The van der Waals surface area contributed by atoms with Crippen molar-refractivity contribution in [1.82, 2.24) is 0 Å². The van der Waals surface area contributed by atoms with Gasteiger partial charge in [0.25, 0.3) is 0 Å². The second-order valence-corrected chi connectivity index (χ2v) is 7.08. The Kier molecular flexibility index (Phi) is 5.36. The molecule has 0 bridgehead atoms. The molecule has 0 radical (unpaired) electrons. The molecule has 0 aliphatic carbocycles. The van der Waals surface area contributed by atoms with Crippen molar-refractivity contribution in [1.29, 1.82) is 0 Å². The summed E-state index contributed by atoms with van der Waals surface area (Å²) in [6.07, 6.45) is 2.43. The summed E-state index contributed by atoms with van der Waals surface area (Å²) in [5.41, 5.74) is 1.61. The molecule has 0 N–H and O–H groups in total. The second-order valence-electron chi connectivity index (χ2n) is 7.08. The van der Waals surface area contributed by atoms with Crippen molar-refractivity contribution >= 4 is 12.6 Å². The molecule has 1 saturated heterocycles. The van der Waals surface area contributed by atoms with Gasteiger partial charge in [-0.3, -0.25) is 0 Å². The first-order valence-electron chi connectivity index (χ1n) is 8.35. The molecule has 0 spiro atoms. The lowest BCUT2D eigenvalue weighted by Crippen LogP contribution is -2.41. The fraction of sp³-hybridized carbons (Fsp3) is 0.667. The number of benzene rings is 1. The zero-order chi connectivity index (χ0) is 16.4. The molecular formula is C18H29BO3. The van der Waals surface area contributed by atoms with E-state index in [0.29, 0.717) is 12.7 Å². The standard InChI is InChI=1S/C18H29BO3/c1-7-16(8-2)20-13-14-10-9-11-15(12-14)19-21-17(3,4)18(5,6)22-19/h9-12,16H,7-8,13H2,1-6H3. The molecule has 1 aromatic carbocycles. The van der Waals surface area contributed by atoms with Gasteiger partial charge in [0.15, 0.2) is 0 Å². The molecule has 2 rings (SSSR count). The minimum absolute atomic E-state index is 0.306. The second kappa shape index (κ2) is 6.73. The zero-order valence-corrected chi connectivity index (χ0v) is 14.8. The predicted octanol–water partition coefficient (Wildman–Crippen LogP) is 3.69. The van der Waals surface area contributed by atoms with Gasteiger partial charge in [-0.15, -0.1) is 0 Å². The molecule has 1 aliphatic heterocycles. The summed E-state index contributed by atoms with van der Waals surface area (Å²) in [5, 5.41) is 0. The highest BCUT2D eigenvalue weighted by molar-refractivity contribution is 6.62. The van der Waals surface area contributed by atoms with Crippen molar-refractivity contribution in [2.45, 2.75) is 78.3 Å². The first-order valence-corrected chi connectivity index (χ1v) is 8.35. The zero-order valence-electron chi connectivity index (χ0n) is 14.8. The summed E-state index contributed by atoms with van der Waals surface area (Å²) in [4.78, 5) is 0. The third-order valence-corrected chi connectivity index (χ3v) is 4.87. The van der Waals surface area contributed by atoms with Crippen molar-refractivity contribution < 1.29 is 14.0 Å². The SMILES string of the molecule is CCC(CC)OCc1cccc(B2OC(C)(C)C(C)(C)O2)c1. The largest absolute Gasteiger partial charge is 0.494 e. The van der Waals surface area contributed by atoms with E-state index in [-0.39, 0.29) is 18.3 Å². The van der Waals surface area contributed by atoms with E-state index in [0.717, 1.165) is 18.3 Å². The van der Waals surface area contributed by atoms with E-state index in [4.69, 9.17) is 14.0 Å². The predicted molar refractivity (Wildman–Crippen MR) is 91.3 cm³/mol. The molecule has 3 nitrogen and oxygen atoms in total. The summed E-state index contributed by atoms with van der Waals surface area (Å²) in [6, 6.07) is 8.33. The van der Waals surface area contributed by atoms with E-state index >= 15 is 0 Å². The van der Waals surface area contributed by atoms with Crippen LogP contribution >= 0.6 is 0 Å². The Morgan fingerprint density at radius 1 is 1.05 bits per heavy atom. The summed E-state index contributed by atoms with van der Waals surface area (Å²) in [5.74, 6) is 0. The Labute approximate surface area is 135 Å².